The van der Waals surface area contributed by atoms with E-state index in [1.807, 2.05) is 6.92 Å². The average Bonchev–Trinajstić information content (AvgIpc) is 2.05. The lowest BCUT2D eigenvalue weighted by Crippen LogP contribution is -2.27. The first-order valence-electron chi connectivity index (χ1n) is 4.39. The van der Waals surface area contributed by atoms with Crippen LogP contribution in [0.3, 0.4) is 0 Å². The maximum absolute atomic E-state index is 10.9. The van der Waals surface area contributed by atoms with Gasteiger partial charge in [-0.15, -0.1) is 0 Å². The fraction of sp³-hybridized carbons (Fsp3) is 0.875. The third kappa shape index (κ3) is 7.50. The minimum Gasteiger partial charge on any atom is -0.396 e. The van der Waals surface area contributed by atoms with Crippen LogP contribution in [0.15, 0.2) is 0 Å². The van der Waals surface area contributed by atoms with E-state index >= 15 is 0 Å². The highest BCUT2D eigenvalue weighted by molar-refractivity contribution is 5.75. The van der Waals surface area contributed by atoms with E-state index in [4.69, 9.17) is 5.11 Å². The van der Waals surface area contributed by atoms with Crippen molar-refractivity contribution in [3.63, 3.8) is 0 Å². The monoisotopic (exact) mass is 174 g/mol. The summed E-state index contributed by atoms with van der Waals surface area (Å²) in [5, 5.41) is 14.2. The molecule has 12 heavy (non-hydrogen) atoms. The van der Waals surface area contributed by atoms with E-state index in [-0.39, 0.29) is 12.5 Å². The zero-order valence-electron chi connectivity index (χ0n) is 7.60. The molecule has 0 unspecified atom stereocenters. The number of hydrogen-bond acceptors (Lipinski definition) is 3. The highest BCUT2D eigenvalue weighted by atomic mass is 16.3. The zero-order chi connectivity index (χ0) is 9.23. The highest BCUT2D eigenvalue weighted by Crippen LogP contribution is 1.78. The predicted molar refractivity (Wildman–Crippen MR) is 47.9 cm³/mol. The predicted octanol–water partition coefficient (Wildman–Crippen LogP) is -0.515. The Labute approximate surface area is 73.3 Å². The van der Waals surface area contributed by atoms with E-state index in [1.54, 1.807) is 0 Å². The maximum Gasteiger partial charge on any atom is 0.221 e. The average molecular weight is 174 g/mol. The smallest absolute Gasteiger partial charge is 0.221 e. The lowest BCUT2D eigenvalue weighted by Gasteiger charge is -2.03. The third-order valence-electron chi connectivity index (χ3n) is 1.41. The van der Waals surface area contributed by atoms with E-state index in [1.165, 1.54) is 0 Å². The molecule has 0 aromatic rings. The molecule has 0 radical (unpaired) electrons. The molecule has 1 amide bonds. The molecule has 0 heterocycles. The number of carbonyl (C=O) groups is 1. The molecule has 0 spiro atoms. The number of carbonyl (C=O) groups excluding carboxylic acids is 1. The summed E-state index contributed by atoms with van der Waals surface area (Å²) in [4.78, 5) is 10.9. The number of hydrogen-bond donors (Lipinski definition) is 3. The van der Waals surface area contributed by atoms with Crippen LogP contribution in [0, 0.1) is 0 Å². The molecule has 0 aromatic heterocycles. The number of amides is 1. The summed E-state index contributed by atoms with van der Waals surface area (Å²) in [6.45, 7) is 4.25. The second-order valence-electron chi connectivity index (χ2n) is 2.53. The van der Waals surface area contributed by atoms with Gasteiger partial charge in [-0.25, -0.2) is 0 Å². The molecule has 0 aliphatic heterocycles. The summed E-state index contributed by atoms with van der Waals surface area (Å²) in [6.07, 6.45) is 1.26. The van der Waals surface area contributed by atoms with Crippen molar-refractivity contribution in [2.24, 2.45) is 0 Å². The van der Waals surface area contributed by atoms with Gasteiger partial charge >= 0.3 is 0 Å². The molecule has 0 aromatic carbocycles. The summed E-state index contributed by atoms with van der Waals surface area (Å²) in [5.74, 6) is 0.0778. The molecule has 0 aliphatic carbocycles. The van der Waals surface area contributed by atoms with Gasteiger partial charge in [0.15, 0.2) is 0 Å². The minimum atomic E-state index is 0.0778. The molecule has 0 rings (SSSR count). The Morgan fingerprint density at radius 1 is 1.42 bits per heavy atom. The van der Waals surface area contributed by atoms with Gasteiger partial charge < -0.3 is 15.7 Å². The van der Waals surface area contributed by atoms with Crippen molar-refractivity contribution < 1.29 is 9.90 Å². The summed E-state index contributed by atoms with van der Waals surface area (Å²) in [5.41, 5.74) is 0. The van der Waals surface area contributed by atoms with Gasteiger partial charge in [-0.1, -0.05) is 0 Å². The second-order valence-corrected chi connectivity index (χ2v) is 2.53. The van der Waals surface area contributed by atoms with Crippen molar-refractivity contribution in [1.82, 2.24) is 10.6 Å². The van der Waals surface area contributed by atoms with Crippen LogP contribution >= 0.6 is 0 Å². The number of nitrogens with one attached hydrogen (secondary N) is 2. The van der Waals surface area contributed by atoms with Crippen LogP contribution in [0.2, 0.25) is 0 Å². The Kier molecular flexibility index (Phi) is 8.05. The topological polar surface area (TPSA) is 61.4 Å². The normalized spacial score (nSPS) is 9.83. The van der Waals surface area contributed by atoms with Crippen molar-refractivity contribution in [3.05, 3.63) is 0 Å². The molecule has 0 bridgehead atoms. The van der Waals surface area contributed by atoms with E-state index in [9.17, 15) is 4.79 Å². The van der Waals surface area contributed by atoms with Gasteiger partial charge in [-0.2, -0.15) is 0 Å². The Bertz CT molecular complexity index is 118. The minimum absolute atomic E-state index is 0.0778. The Balaban J connectivity index is 3.03. The van der Waals surface area contributed by atoms with Gasteiger partial charge in [0, 0.05) is 26.1 Å². The largest absolute Gasteiger partial charge is 0.396 e. The zero-order valence-corrected chi connectivity index (χ0v) is 7.60. The number of aliphatic hydroxyl groups is 1. The standard InChI is InChI=1S/C8H18N2O2/c1-2-10-8(12)4-6-9-5-3-7-11/h9,11H,2-7H2,1H3,(H,10,12). The van der Waals surface area contributed by atoms with Crippen molar-refractivity contribution in [2.75, 3.05) is 26.2 Å². The van der Waals surface area contributed by atoms with Crippen molar-refractivity contribution in [1.29, 1.82) is 0 Å². The highest BCUT2D eigenvalue weighted by Gasteiger charge is 1.96. The van der Waals surface area contributed by atoms with Gasteiger partial charge in [-0.3, -0.25) is 4.79 Å². The summed E-state index contributed by atoms with van der Waals surface area (Å²) in [7, 11) is 0. The summed E-state index contributed by atoms with van der Waals surface area (Å²) in [6, 6.07) is 0. The molecule has 0 saturated heterocycles. The summed E-state index contributed by atoms with van der Waals surface area (Å²) < 4.78 is 0. The van der Waals surface area contributed by atoms with E-state index in [2.05, 4.69) is 10.6 Å². The van der Waals surface area contributed by atoms with Crippen LogP contribution in [-0.4, -0.2) is 37.3 Å². The number of aliphatic hydroxyl groups excluding tert-OH is 1. The first-order chi connectivity index (χ1) is 5.81. The first kappa shape index (κ1) is 11.4. The molecule has 3 N–H and O–H groups in total. The van der Waals surface area contributed by atoms with Gasteiger partial charge in [0.2, 0.25) is 5.91 Å². The molecular formula is C8H18N2O2. The molecule has 4 nitrogen and oxygen atoms in total. The van der Waals surface area contributed by atoms with Crippen LogP contribution < -0.4 is 10.6 Å². The van der Waals surface area contributed by atoms with Crippen molar-refractivity contribution in [2.45, 2.75) is 19.8 Å². The van der Waals surface area contributed by atoms with E-state index in [0.29, 0.717) is 19.5 Å². The molecule has 0 fully saturated rings. The Morgan fingerprint density at radius 2 is 2.17 bits per heavy atom. The Hall–Kier alpha value is -0.610. The quantitative estimate of drug-likeness (QED) is 0.455. The van der Waals surface area contributed by atoms with Gasteiger partial charge in [-0.05, 0) is 19.9 Å². The van der Waals surface area contributed by atoms with Crippen LogP contribution in [0.25, 0.3) is 0 Å². The molecule has 0 saturated carbocycles. The molecule has 0 aliphatic rings. The molecular weight excluding hydrogens is 156 g/mol. The third-order valence-corrected chi connectivity index (χ3v) is 1.41. The van der Waals surface area contributed by atoms with E-state index < -0.39 is 0 Å². The number of rotatable bonds is 7. The Morgan fingerprint density at radius 3 is 2.75 bits per heavy atom. The van der Waals surface area contributed by atoms with Crippen LogP contribution in [0.1, 0.15) is 19.8 Å². The van der Waals surface area contributed by atoms with Gasteiger partial charge in [0.05, 0.1) is 0 Å². The van der Waals surface area contributed by atoms with Crippen LogP contribution in [0.5, 0.6) is 0 Å². The lowest BCUT2D eigenvalue weighted by molar-refractivity contribution is -0.120. The molecule has 4 heteroatoms. The van der Waals surface area contributed by atoms with Crippen LogP contribution in [0.4, 0.5) is 0 Å². The maximum atomic E-state index is 10.9. The molecule has 72 valence electrons. The van der Waals surface area contributed by atoms with Crippen molar-refractivity contribution in [3.8, 4) is 0 Å². The van der Waals surface area contributed by atoms with Gasteiger partial charge in [0.1, 0.15) is 0 Å². The first-order valence-corrected chi connectivity index (χ1v) is 4.39. The fourth-order valence-corrected chi connectivity index (χ4v) is 0.817. The summed E-state index contributed by atoms with van der Waals surface area (Å²) >= 11 is 0. The van der Waals surface area contributed by atoms with Crippen LogP contribution in [-0.2, 0) is 4.79 Å². The molecule has 0 atom stereocenters. The van der Waals surface area contributed by atoms with Crippen molar-refractivity contribution >= 4 is 5.91 Å². The second kappa shape index (κ2) is 8.49. The SMILES string of the molecule is CCNC(=O)CCNCCCO. The fourth-order valence-electron chi connectivity index (χ4n) is 0.817. The van der Waals surface area contributed by atoms with Gasteiger partial charge in [0.25, 0.3) is 0 Å². The lowest BCUT2D eigenvalue weighted by atomic mass is 10.3. The van der Waals surface area contributed by atoms with E-state index in [0.717, 1.165) is 13.0 Å².